The fourth-order valence-corrected chi connectivity index (χ4v) is 2.15. The third-order valence-corrected chi connectivity index (χ3v) is 3.30. The van der Waals surface area contributed by atoms with Crippen molar-refractivity contribution in [2.24, 2.45) is 0 Å². The van der Waals surface area contributed by atoms with Gasteiger partial charge < -0.3 is 5.32 Å². The number of benzene rings is 2. The molecule has 0 amide bonds. The van der Waals surface area contributed by atoms with Gasteiger partial charge >= 0.3 is 0 Å². The first-order valence-electron chi connectivity index (χ1n) is 6.06. The Bertz CT molecular complexity index is 502. The van der Waals surface area contributed by atoms with Gasteiger partial charge in [-0.2, -0.15) is 0 Å². The molecule has 2 rings (SSSR count). The molecular formula is C16H19N. The highest BCUT2D eigenvalue weighted by Crippen LogP contribution is 2.29. The van der Waals surface area contributed by atoms with E-state index in [1.807, 2.05) is 7.05 Å². The Morgan fingerprint density at radius 3 is 2.12 bits per heavy atom. The van der Waals surface area contributed by atoms with E-state index in [1.54, 1.807) is 0 Å². The van der Waals surface area contributed by atoms with E-state index in [1.165, 1.54) is 22.3 Å². The molecule has 0 heterocycles. The van der Waals surface area contributed by atoms with Gasteiger partial charge in [-0.3, -0.25) is 0 Å². The van der Waals surface area contributed by atoms with Crippen molar-refractivity contribution >= 4 is 0 Å². The Balaban J connectivity index is 2.56. The third-order valence-electron chi connectivity index (χ3n) is 3.30. The fourth-order valence-electron chi connectivity index (χ4n) is 2.15. The maximum absolute atomic E-state index is 3.31. The minimum Gasteiger partial charge on any atom is -0.313 e. The zero-order valence-corrected chi connectivity index (χ0v) is 10.7. The Hall–Kier alpha value is -1.60. The Morgan fingerprint density at radius 1 is 0.882 bits per heavy atom. The van der Waals surface area contributed by atoms with Crippen molar-refractivity contribution in [3.8, 4) is 11.1 Å². The van der Waals surface area contributed by atoms with Crippen molar-refractivity contribution in [1.82, 2.24) is 5.32 Å². The summed E-state index contributed by atoms with van der Waals surface area (Å²) in [6.45, 7) is 4.35. The van der Waals surface area contributed by atoms with E-state index in [0.717, 1.165) is 0 Å². The number of aryl methyl sites for hydroxylation is 1. The van der Waals surface area contributed by atoms with E-state index >= 15 is 0 Å². The SMILES string of the molecule is CNC(C)c1ccccc1-c1ccccc1C. The van der Waals surface area contributed by atoms with Crippen LogP contribution in [0.1, 0.15) is 24.1 Å². The van der Waals surface area contributed by atoms with Gasteiger partial charge in [-0.25, -0.2) is 0 Å². The van der Waals surface area contributed by atoms with E-state index in [9.17, 15) is 0 Å². The van der Waals surface area contributed by atoms with Crippen LogP contribution in [-0.2, 0) is 0 Å². The monoisotopic (exact) mass is 225 g/mol. The van der Waals surface area contributed by atoms with Crippen molar-refractivity contribution < 1.29 is 0 Å². The first kappa shape index (κ1) is 11.9. The molecule has 0 aliphatic heterocycles. The van der Waals surface area contributed by atoms with Gasteiger partial charge in [0, 0.05) is 6.04 Å². The van der Waals surface area contributed by atoms with Crippen molar-refractivity contribution in [3.05, 3.63) is 59.7 Å². The van der Waals surface area contributed by atoms with E-state index in [4.69, 9.17) is 0 Å². The lowest BCUT2D eigenvalue weighted by Crippen LogP contribution is -2.13. The van der Waals surface area contributed by atoms with Crippen LogP contribution in [0, 0.1) is 6.92 Å². The van der Waals surface area contributed by atoms with Gasteiger partial charge in [-0.15, -0.1) is 0 Å². The molecule has 0 bridgehead atoms. The molecule has 1 atom stereocenters. The highest BCUT2D eigenvalue weighted by molar-refractivity contribution is 5.70. The van der Waals surface area contributed by atoms with E-state index in [-0.39, 0.29) is 0 Å². The molecule has 2 aromatic rings. The van der Waals surface area contributed by atoms with Crippen molar-refractivity contribution in [1.29, 1.82) is 0 Å². The van der Waals surface area contributed by atoms with Gasteiger partial charge in [0.25, 0.3) is 0 Å². The topological polar surface area (TPSA) is 12.0 Å². The van der Waals surface area contributed by atoms with Crippen molar-refractivity contribution in [3.63, 3.8) is 0 Å². The molecule has 17 heavy (non-hydrogen) atoms. The lowest BCUT2D eigenvalue weighted by molar-refractivity contribution is 0.654. The molecule has 0 radical (unpaired) electrons. The summed E-state index contributed by atoms with van der Waals surface area (Å²) < 4.78 is 0. The van der Waals surface area contributed by atoms with Crippen LogP contribution in [0.15, 0.2) is 48.5 Å². The van der Waals surface area contributed by atoms with Crippen molar-refractivity contribution in [2.75, 3.05) is 7.05 Å². The Kier molecular flexibility index (Phi) is 3.60. The Morgan fingerprint density at radius 2 is 1.47 bits per heavy atom. The minimum absolute atomic E-state index is 0.366. The predicted molar refractivity (Wildman–Crippen MR) is 74.1 cm³/mol. The van der Waals surface area contributed by atoms with Crippen LogP contribution in [0.25, 0.3) is 11.1 Å². The summed E-state index contributed by atoms with van der Waals surface area (Å²) in [7, 11) is 2.00. The van der Waals surface area contributed by atoms with E-state index in [2.05, 4.69) is 67.7 Å². The van der Waals surface area contributed by atoms with Crippen LogP contribution in [-0.4, -0.2) is 7.05 Å². The third kappa shape index (κ3) is 2.40. The van der Waals surface area contributed by atoms with Crippen LogP contribution in [0.2, 0.25) is 0 Å². The zero-order chi connectivity index (χ0) is 12.3. The summed E-state index contributed by atoms with van der Waals surface area (Å²) >= 11 is 0. The molecule has 0 aromatic heterocycles. The lowest BCUT2D eigenvalue weighted by atomic mass is 9.93. The van der Waals surface area contributed by atoms with Crippen LogP contribution < -0.4 is 5.32 Å². The van der Waals surface area contributed by atoms with Crippen LogP contribution in [0.5, 0.6) is 0 Å². The second kappa shape index (κ2) is 5.15. The van der Waals surface area contributed by atoms with Gasteiger partial charge in [0.1, 0.15) is 0 Å². The number of hydrogen-bond donors (Lipinski definition) is 1. The van der Waals surface area contributed by atoms with Crippen LogP contribution >= 0.6 is 0 Å². The highest BCUT2D eigenvalue weighted by atomic mass is 14.9. The molecule has 0 fully saturated rings. The zero-order valence-electron chi connectivity index (χ0n) is 10.7. The molecule has 0 saturated heterocycles. The molecule has 2 aromatic carbocycles. The molecular weight excluding hydrogens is 206 g/mol. The van der Waals surface area contributed by atoms with Crippen LogP contribution in [0.3, 0.4) is 0 Å². The average Bonchev–Trinajstić information content (AvgIpc) is 2.38. The maximum Gasteiger partial charge on any atom is 0.0295 e. The second-order valence-corrected chi connectivity index (χ2v) is 4.41. The molecule has 1 heteroatoms. The summed E-state index contributed by atoms with van der Waals surface area (Å²) in [6.07, 6.45) is 0. The molecule has 1 unspecified atom stereocenters. The molecule has 0 aliphatic carbocycles. The predicted octanol–water partition coefficient (Wildman–Crippen LogP) is 3.94. The first-order chi connectivity index (χ1) is 8.24. The second-order valence-electron chi connectivity index (χ2n) is 4.41. The fraction of sp³-hybridized carbons (Fsp3) is 0.250. The molecule has 0 saturated carbocycles. The summed E-state index contributed by atoms with van der Waals surface area (Å²) in [5.41, 5.74) is 5.32. The quantitative estimate of drug-likeness (QED) is 0.834. The molecule has 1 N–H and O–H groups in total. The van der Waals surface area contributed by atoms with Gasteiger partial charge in [0.15, 0.2) is 0 Å². The molecule has 0 spiro atoms. The first-order valence-corrected chi connectivity index (χ1v) is 6.06. The van der Waals surface area contributed by atoms with Gasteiger partial charge in [-0.05, 0) is 43.1 Å². The standard InChI is InChI=1S/C16H19N/c1-12-8-4-5-9-14(12)16-11-7-6-10-15(16)13(2)17-3/h4-11,13,17H,1-3H3. The molecule has 1 nitrogen and oxygen atoms in total. The summed E-state index contributed by atoms with van der Waals surface area (Å²) in [5, 5.41) is 3.31. The summed E-state index contributed by atoms with van der Waals surface area (Å²) in [4.78, 5) is 0. The highest BCUT2D eigenvalue weighted by Gasteiger charge is 2.10. The molecule has 0 aliphatic rings. The average molecular weight is 225 g/mol. The summed E-state index contributed by atoms with van der Waals surface area (Å²) in [5.74, 6) is 0. The largest absolute Gasteiger partial charge is 0.313 e. The van der Waals surface area contributed by atoms with E-state index < -0.39 is 0 Å². The van der Waals surface area contributed by atoms with Crippen LogP contribution in [0.4, 0.5) is 0 Å². The number of nitrogens with one attached hydrogen (secondary N) is 1. The normalized spacial score (nSPS) is 12.4. The smallest absolute Gasteiger partial charge is 0.0295 e. The lowest BCUT2D eigenvalue weighted by Gasteiger charge is -2.17. The van der Waals surface area contributed by atoms with E-state index in [0.29, 0.717) is 6.04 Å². The Labute approximate surface area is 103 Å². The van der Waals surface area contributed by atoms with Gasteiger partial charge in [0.2, 0.25) is 0 Å². The number of hydrogen-bond acceptors (Lipinski definition) is 1. The maximum atomic E-state index is 3.31. The van der Waals surface area contributed by atoms with Crippen molar-refractivity contribution in [2.45, 2.75) is 19.9 Å². The number of rotatable bonds is 3. The summed E-state index contributed by atoms with van der Waals surface area (Å²) in [6, 6.07) is 17.5. The minimum atomic E-state index is 0.366. The molecule has 88 valence electrons. The van der Waals surface area contributed by atoms with Gasteiger partial charge in [0.05, 0.1) is 0 Å². The van der Waals surface area contributed by atoms with Gasteiger partial charge in [-0.1, -0.05) is 48.5 Å².